The summed E-state index contributed by atoms with van der Waals surface area (Å²) in [7, 11) is 0. The van der Waals surface area contributed by atoms with Crippen LogP contribution in [-0.4, -0.2) is 46.5 Å². The highest BCUT2D eigenvalue weighted by Gasteiger charge is 2.27. The molecule has 2 aromatic carbocycles. The van der Waals surface area contributed by atoms with Crippen molar-refractivity contribution in [2.45, 2.75) is 32.2 Å². The monoisotopic (exact) mass is 445 g/mol. The molecule has 33 heavy (non-hydrogen) atoms. The summed E-state index contributed by atoms with van der Waals surface area (Å²) in [5.41, 5.74) is 2.55. The van der Waals surface area contributed by atoms with E-state index in [1.165, 1.54) is 0 Å². The second-order valence-electron chi connectivity index (χ2n) is 8.64. The third-order valence-corrected chi connectivity index (χ3v) is 6.26. The molecule has 1 unspecified atom stereocenters. The Kier molecular flexibility index (Phi) is 6.17. The first-order valence-electron chi connectivity index (χ1n) is 11.5. The summed E-state index contributed by atoms with van der Waals surface area (Å²) in [5, 5.41) is 7.12. The molecule has 170 valence electrons. The van der Waals surface area contributed by atoms with Gasteiger partial charge in [-0.2, -0.15) is 4.98 Å². The van der Waals surface area contributed by atoms with Crippen LogP contribution >= 0.6 is 0 Å². The maximum atomic E-state index is 12.9. The van der Waals surface area contributed by atoms with Crippen molar-refractivity contribution in [3.05, 3.63) is 60.5 Å². The van der Waals surface area contributed by atoms with E-state index in [1.54, 1.807) is 4.90 Å². The standard InChI is InChI=1S/C25H27N5O3/c31-23-9-5-15-30(23)21-12-10-20(11-13-21)26-25(32)19-8-4-14-29(16-19)17-22-27-24(28-33-22)18-6-2-1-3-7-18/h1-3,6-7,10-13,19H,4-5,8-9,14-17H2,(H,26,32). The van der Waals surface area contributed by atoms with E-state index < -0.39 is 0 Å². The van der Waals surface area contributed by atoms with Crippen molar-refractivity contribution in [1.29, 1.82) is 0 Å². The van der Waals surface area contributed by atoms with E-state index in [-0.39, 0.29) is 17.7 Å². The summed E-state index contributed by atoms with van der Waals surface area (Å²) >= 11 is 0. The Labute approximate surface area is 192 Å². The molecule has 0 bridgehead atoms. The van der Waals surface area contributed by atoms with Gasteiger partial charge in [-0.15, -0.1) is 0 Å². The van der Waals surface area contributed by atoms with Crippen LogP contribution in [0.5, 0.6) is 0 Å². The topological polar surface area (TPSA) is 91.6 Å². The minimum atomic E-state index is -0.102. The van der Waals surface area contributed by atoms with E-state index in [9.17, 15) is 9.59 Å². The highest BCUT2D eigenvalue weighted by atomic mass is 16.5. The van der Waals surface area contributed by atoms with Gasteiger partial charge in [-0.3, -0.25) is 14.5 Å². The predicted molar refractivity (Wildman–Crippen MR) is 124 cm³/mol. The first-order valence-corrected chi connectivity index (χ1v) is 11.5. The van der Waals surface area contributed by atoms with E-state index in [0.29, 0.717) is 31.2 Å². The molecule has 0 radical (unpaired) electrons. The van der Waals surface area contributed by atoms with Crippen LogP contribution in [0.3, 0.4) is 0 Å². The molecule has 5 rings (SSSR count). The third-order valence-electron chi connectivity index (χ3n) is 6.26. The van der Waals surface area contributed by atoms with Crippen molar-refractivity contribution >= 4 is 23.2 Å². The van der Waals surface area contributed by atoms with Gasteiger partial charge in [0.05, 0.1) is 12.5 Å². The lowest BCUT2D eigenvalue weighted by Crippen LogP contribution is -2.40. The number of likely N-dealkylation sites (tertiary alicyclic amines) is 1. The minimum absolute atomic E-state index is 0.0141. The molecular weight excluding hydrogens is 418 g/mol. The fraction of sp³-hybridized carbons (Fsp3) is 0.360. The predicted octanol–water partition coefficient (Wildman–Crippen LogP) is 3.71. The molecule has 1 atom stereocenters. The van der Waals surface area contributed by atoms with Crippen molar-refractivity contribution in [1.82, 2.24) is 15.0 Å². The Bertz CT molecular complexity index is 1110. The summed E-state index contributed by atoms with van der Waals surface area (Å²) in [5.74, 6) is 1.21. The number of hydrogen-bond donors (Lipinski definition) is 1. The van der Waals surface area contributed by atoms with Gasteiger partial charge in [0.2, 0.25) is 23.5 Å². The molecule has 2 aliphatic heterocycles. The number of carbonyl (C=O) groups is 2. The van der Waals surface area contributed by atoms with Crippen LogP contribution in [0, 0.1) is 5.92 Å². The van der Waals surface area contributed by atoms with E-state index in [4.69, 9.17) is 4.52 Å². The molecule has 0 spiro atoms. The number of nitrogens with zero attached hydrogens (tertiary/aromatic N) is 4. The molecular formula is C25H27N5O3. The average Bonchev–Trinajstić information content (AvgIpc) is 3.49. The minimum Gasteiger partial charge on any atom is -0.338 e. The van der Waals surface area contributed by atoms with Gasteiger partial charge in [0, 0.05) is 36.4 Å². The average molecular weight is 446 g/mol. The highest BCUT2D eigenvalue weighted by Crippen LogP contribution is 2.25. The van der Waals surface area contributed by atoms with E-state index in [0.717, 1.165) is 49.3 Å². The second-order valence-corrected chi connectivity index (χ2v) is 8.64. The van der Waals surface area contributed by atoms with Crippen LogP contribution in [0.15, 0.2) is 59.1 Å². The zero-order valence-corrected chi connectivity index (χ0v) is 18.4. The van der Waals surface area contributed by atoms with Gasteiger partial charge in [0.15, 0.2) is 0 Å². The van der Waals surface area contributed by atoms with Crippen molar-refractivity contribution in [2.24, 2.45) is 5.92 Å². The normalized spacial score (nSPS) is 19.1. The fourth-order valence-corrected chi connectivity index (χ4v) is 4.52. The Morgan fingerprint density at radius 1 is 1.06 bits per heavy atom. The number of rotatable bonds is 6. The smallest absolute Gasteiger partial charge is 0.241 e. The maximum absolute atomic E-state index is 12.9. The molecule has 1 N–H and O–H groups in total. The zero-order chi connectivity index (χ0) is 22.6. The summed E-state index contributed by atoms with van der Waals surface area (Å²) in [6.45, 7) is 2.83. The van der Waals surface area contributed by atoms with Crippen LogP contribution in [0.4, 0.5) is 11.4 Å². The van der Waals surface area contributed by atoms with Gasteiger partial charge in [-0.25, -0.2) is 0 Å². The fourth-order valence-electron chi connectivity index (χ4n) is 4.52. The lowest BCUT2D eigenvalue weighted by molar-refractivity contribution is -0.121. The van der Waals surface area contributed by atoms with Crippen molar-refractivity contribution in [3.8, 4) is 11.4 Å². The summed E-state index contributed by atoms with van der Waals surface area (Å²) in [6.07, 6.45) is 3.29. The summed E-state index contributed by atoms with van der Waals surface area (Å²) in [4.78, 5) is 33.3. The number of piperidine rings is 1. The van der Waals surface area contributed by atoms with Crippen LogP contribution < -0.4 is 10.2 Å². The molecule has 3 aromatic rings. The van der Waals surface area contributed by atoms with E-state index in [1.807, 2.05) is 54.6 Å². The van der Waals surface area contributed by atoms with Gasteiger partial charge >= 0.3 is 0 Å². The molecule has 8 heteroatoms. The summed E-state index contributed by atoms with van der Waals surface area (Å²) in [6, 6.07) is 17.3. The number of hydrogen-bond acceptors (Lipinski definition) is 6. The molecule has 2 aliphatic rings. The van der Waals surface area contributed by atoms with Gasteiger partial charge in [-0.1, -0.05) is 35.5 Å². The van der Waals surface area contributed by atoms with Crippen LogP contribution in [0.25, 0.3) is 11.4 Å². The molecule has 2 amide bonds. The Morgan fingerprint density at radius 3 is 2.64 bits per heavy atom. The lowest BCUT2D eigenvalue weighted by Gasteiger charge is -2.30. The van der Waals surface area contributed by atoms with Crippen LogP contribution in [0.1, 0.15) is 31.6 Å². The Balaban J connectivity index is 1.16. The van der Waals surface area contributed by atoms with Gasteiger partial charge in [0.25, 0.3) is 0 Å². The van der Waals surface area contributed by atoms with E-state index >= 15 is 0 Å². The SMILES string of the molecule is O=C(Nc1ccc(N2CCCC2=O)cc1)C1CCCN(Cc2nc(-c3ccccc3)no2)C1. The number of aromatic nitrogens is 2. The number of anilines is 2. The molecule has 2 fully saturated rings. The number of amides is 2. The highest BCUT2D eigenvalue weighted by molar-refractivity contribution is 5.96. The lowest BCUT2D eigenvalue weighted by atomic mass is 9.97. The third kappa shape index (κ3) is 4.96. The zero-order valence-electron chi connectivity index (χ0n) is 18.4. The van der Waals surface area contributed by atoms with Gasteiger partial charge in [0.1, 0.15) is 0 Å². The van der Waals surface area contributed by atoms with Crippen LogP contribution in [-0.2, 0) is 16.1 Å². The molecule has 0 saturated carbocycles. The van der Waals surface area contributed by atoms with Crippen molar-refractivity contribution in [2.75, 3.05) is 29.9 Å². The van der Waals surface area contributed by atoms with Gasteiger partial charge in [-0.05, 0) is 50.1 Å². The molecule has 1 aromatic heterocycles. The van der Waals surface area contributed by atoms with E-state index in [2.05, 4.69) is 20.4 Å². The van der Waals surface area contributed by atoms with Crippen molar-refractivity contribution < 1.29 is 14.1 Å². The largest absolute Gasteiger partial charge is 0.338 e. The van der Waals surface area contributed by atoms with Gasteiger partial charge < -0.3 is 14.7 Å². The number of carbonyl (C=O) groups excluding carboxylic acids is 2. The first-order chi connectivity index (χ1) is 16.2. The second kappa shape index (κ2) is 9.54. The Morgan fingerprint density at radius 2 is 1.88 bits per heavy atom. The molecule has 8 nitrogen and oxygen atoms in total. The summed E-state index contributed by atoms with van der Waals surface area (Å²) < 4.78 is 5.44. The Hall–Kier alpha value is -3.52. The quantitative estimate of drug-likeness (QED) is 0.622. The molecule has 0 aliphatic carbocycles. The molecule has 2 saturated heterocycles. The van der Waals surface area contributed by atoms with Crippen LogP contribution in [0.2, 0.25) is 0 Å². The number of benzene rings is 2. The van der Waals surface area contributed by atoms with Crippen molar-refractivity contribution in [3.63, 3.8) is 0 Å². The number of nitrogens with one attached hydrogen (secondary N) is 1. The maximum Gasteiger partial charge on any atom is 0.241 e. The first kappa shape index (κ1) is 21.3. The molecule has 3 heterocycles.